The summed E-state index contributed by atoms with van der Waals surface area (Å²) in [5, 5.41) is 7.62. The topological polar surface area (TPSA) is 177 Å². The van der Waals surface area contributed by atoms with Crippen LogP contribution in [0.4, 0.5) is 15.3 Å². The highest BCUT2D eigenvalue weighted by Gasteiger charge is 2.44. The minimum atomic E-state index is -0.923. The Morgan fingerprint density at radius 3 is 2.23 bits per heavy atom. The Morgan fingerprint density at radius 1 is 0.855 bits per heavy atom. The number of carbonyl (C=O) groups excluding carboxylic acids is 4. The van der Waals surface area contributed by atoms with Crippen LogP contribution in [-0.2, 0) is 36.8 Å². The Kier molecular flexibility index (Phi) is 12.0. The molecule has 0 bridgehead atoms. The van der Waals surface area contributed by atoms with E-state index >= 15 is 0 Å². The van der Waals surface area contributed by atoms with E-state index in [0.717, 1.165) is 93.5 Å². The van der Waals surface area contributed by atoms with Gasteiger partial charge in [0, 0.05) is 36.9 Å². The van der Waals surface area contributed by atoms with Gasteiger partial charge in [0.25, 0.3) is 0 Å². The SMILES string of the molecule is CC[C@H](C)C(NC(=O)OC)C(=O)N1[C@@H](C)CC[C@H]1C1=Nc2ccc3cc4c(cc3c2C1)OCc1cc(-c2cnc([C@@H]3CC[C@H](C)N3C(=O)C(NC(=O)OC)[C@@H](C)OC)[nH]2)ccc1-4. The lowest BCUT2D eigenvalue weighted by Gasteiger charge is -2.34. The van der Waals surface area contributed by atoms with E-state index in [1.54, 1.807) is 18.0 Å². The number of methoxy groups -OCH3 is 3. The Balaban J connectivity index is 1.01. The first-order valence-corrected chi connectivity index (χ1v) is 21.7. The molecule has 3 N–H and O–H groups in total. The number of nitrogens with zero attached hydrogens (tertiary/aromatic N) is 4. The molecule has 15 nitrogen and oxygen atoms in total. The zero-order chi connectivity index (χ0) is 44.0. The number of hydrogen-bond donors (Lipinski definition) is 3. The van der Waals surface area contributed by atoms with Crippen molar-refractivity contribution >= 4 is 46.2 Å². The summed E-state index contributed by atoms with van der Waals surface area (Å²) >= 11 is 0. The number of rotatable bonds is 11. The number of aromatic nitrogens is 2. The van der Waals surface area contributed by atoms with Crippen LogP contribution in [0.2, 0.25) is 0 Å². The van der Waals surface area contributed by atoms with Crippen molar-refractivity contribution in [3.05, 3.63) is 65.6 Å². The van der Waals surface area contributed by atoms with E-state index in [1.807, 2.05) is 25.7 Å². The van der Waals surface area contributed by atoms with E-state index in [1.165, 1.54) is 21.3 Å². The maximum atomic E-state index is 14.2. The molecule has 4 aliphatic rings. The van der Waals surface area contributed by atoms with E-state index in [2.05, 4.69) is 65.0 Å². The largest absolute Gasteiger partial charge is 0.488 e. The number of nitrogens with one attached hydrogen (secondary N) is 3. The summed E-state index contributed by atoms with van der Waals surface area (Å²) in [5.41, 5.74) is 7.93. The van der Waals surface area contributed by atoms with Crippen LogP contribution in [0, 0.1) is 5.92 Å². The summed E-state index contributed by atoms with van der Waals surface area (Å²) in [6.07, 6.45) is 4.45. The van der Waals surface area contributed by atoms with Crippen LogP contribution in [0.25, 0.3) is 33.2 Å². The van der Waals surface area contributed by atoms with Gasteiger partial charge in [-0.15, -0.1) is 0 Å². The van der Waals surface area contributed by atoms with Crippen LogP contribution in [0.3, 0.4) is 0 Å². The third kappa shape index (κ3) is 7.75. The molecule has 0 aliphatic carbocycles. The van der Waals surface area contributed by atoms with Crippen LogP contribution in [0.15, 0.2) is 53.7 Å². The highest BCUT2D eigenvalue weighted by atomic mass is 16.5. The van der Waals surface area contributed by atoms with E-state index in [9.17, 15) is 19.2 Å². The van der Waals surface area contributed by atoms with E-state index < -0.39 is 30.4 Å². The van der Waals surface area contributed by atoms with Gasteiger partial charge in [-0.25, -0.2) is 14.6 Å². The van der Waals surface area contributed by atoms with Gasteiger partial charge in [-0.1, -0.05) is 38.5 Å². The molecule has 2 saturated heterocycles. The van der Waals surface area contributed by atoms with Crippen LogP contribution in [0.1, 0.15) is 89.7 Å². The molecule has 0 saturated carbocycles. The predicted octanol–water partition coefficient (Wildman–Crippen LogP) is 7.38. The van der Waals surface area contributed by atoms with Crippen LogP contribution < -0.4 is 15.4 Å². The first kappa shape index (κ1) is 42.7. The average molecular weight is 848 g/mol. The van der Waals surface area contributed by atoms with E-state index in [4.69, 9.17) is 28.9 Å². The Hall–Kier alpha value is -5.96. The number of ether oxygens (including phenoxy) is 4. The lowest BCUT2D eigenvalue weighted by molar-refractivity contribution is -0.139. The van der Waals surface area contributed by atoms with E-state index in [-0.39, 0.29) is 41.9 Å². The predicted molar refractivity (Wildman–Crippen MR) is 234 cm³/mol. The summed E-state index contributed by atoms with van der Waals surface area (Å²) in [5.74, 6) is 1.07. The number of aliphatic imine (C=N–C) groups is 1. The number of hydrogen-bond acceptors (Lipinski definition) is 10. The summed E-state index contributed by atoms with van der Waals surface area (Å²) in [6.45, 7) is 10.2. The van der Waals surface area contributed by atoms with Gasteiger partial charge in [0.1, 0.15) is 30.3 Å². The van der Waals surface area contributed by atoms with Crippen LogP contribution >= 0.6 is 0 Å². The second-order valence-electron chi connectivity index (χ2n) is 17.2. The molecular formula is C47H57N7O8. The molecule has 15 heteroatoms. The molecule has 2 fully saturated rings. The summed E-state index contributed by atoms with van der Waals surface area (Å²) in [6, 6.07) is 12.7. The molecule has 8 atom stereocenters. The van der Waals surface area contributed by atoms with Crippen molar-refractivity contribution in [3.63, 3.8) is 0 Å². The van der Waals surface area contributed by atoms with Crippen molar-refractivity contribution in [2.24, 2.45) is 10.9 Å². The second-order valence-corrected chi connectivity index (χ2v) is 17.2. The van der Waals surface area contributed by atoms with Crippen molar-refractivity contribution in [2.45, 2.75) is 122 Å². The molecule has 1 aromatic heterocycles. The Labute approximate surface area is 361 Å². The summed E-state index contributed by atoms with van der Waals surface area (Å²) in [4.78, 5) is 69.7. The third-order valence-corrected chi connectivity index (χ3v) is 13.6. The number of likely N-dealkylation sites (tertiary alicyclic amines) is 2. The molecule has 8 rings (SSSR count). The highest BCUT2D eigenvalue weighted by Crippen LogP contribution is 2.45. The zero-order valence-corrected chi connectivity index (χ0v) is 36.7. The number of carbonyl (C=O) groups is 4. The number of alkyl carbamates (subject to hydrolysis) is 2. The van der Waals surface area contributed by atoms with Crippen LogP contribution in [0.5, 0.6) is 5.75 Å². The van der Waals surface area contributed by atoms with Gasteiger partial charge < -0.3 is 44.4 Å². The smallest absolute Gasteiger partial charge is 0.407 e. The zero-order valence-electron chi connectivity index (χ0n) is 36.7. The minimum Gasteiger partial charge on any atom is -0.488 e. The number of amides is 4. The standard InChI is InChI=1S/C47H57N7O8/c1-9-24(2)41(51-46(57)60-7)44(55)53-25(3)10-16-38(53)36-20-33-32-21-40-34(19-28(32)13-15-35(33)49-36)31-14-12-29(18-30(31)23-62-40)37-22-48-43(50-37)39-17-11-26(4)54(39)45(56)42(27(5)59-6)52-47(58)61-8/h12-15,18-19,21-22,24-27,38-39,41-42H,9-11,16-17,20,23H2,1-8H3,(H,48,50)(H,51,57)(H,52,58)/t24-,25-,26-,27+,38-,39-,41?,42?/m0/s1. The normalized spacial score (nSPS) is 22.1. The second kappa shape index (κ2) is 17.4. The summed E-state index contributed by atoms with van der Waals surface area (Å²) in [7, 11) is 4.08. The molecule has 62 heavy (non-hydrogen) atoms. The molecule has 0 radical (unpaired) electrons. The minimum absolute atomic E-state index is 0.0108. The van der Waals surface area contributed by atoms with E-state index in [0.29, 0.717) is 18.9 Å². The van der Waals surface area contributed by atoms with Gasteiger partial charge in [-0.05, 0) is 110 Å². The van der Waals surface area contributed by atoms with Crippen molar-refractivity contribution < 1.29 is 38.1 Å². The molecule has 2 unspecified atom stereocenters. The Morgan fingerprint density at radius 2 is 1.53 bits per heavy atom. The fraction of sp³-hybridized carbons (Fsp3) is 0.489. The van der Waals surface area contributed by atoms with Gasteiger partial charge >= 0.3 is 12.2 Å². The average Bonchev–Trinajstić information content (AvgIpc) is 4.11. The van der Waals surface area contributed by atoms with Gasteiger partial charge in [-0.2, -0.15) is 0 Å². The van der Waals surface area contributed by atoms with Crippen molar-refractivity contribution in [3.8, 4) is 28.1 Å². The third-order valence-electron chi connectivity index (χ3n) is 13.6. The maximum absolute atomic E-state index is 14.2. The van der Waals surface area contributed by atoms with Gasteiger partial charge in [-0.3, -0.25) is 14.6 Å². The summed E-state index contributed by atoms with van der Waals surface area (Å²) < 4.78 is 21.6. The molecule has 5 heterocycles. The molecule has 0 spiro atoms. The maximum Gasteiger partial charge on any atom is 0.407 e. The van der Waals surface area contributed by atoms with Gasteiger partial charge in [0.05, 0.1) is 50.0 Å². The molecule has 3 aromatic carbocycles. The number of H-pyrrole nitrogens is 1. The first-order chi connectivity index (χ1) is 29.8. The quantitative estimate of drug-likeness (QED) is 0.139. The van der Waals surface area contributed by atoms with Crippen molar-refractivity contribution in [1.29, 1.82) is 0 Å². The monoisotopic (exact) mass is 847 g/mol. The number of benzene rings is 3. The molecule has 4 amide bonds. The van der Waals surface area contributed by atoms with Gasteiger partial charge in [0.2, 0.25) is 11.8 Å². The first-order valence-electron chi connectivity index (χ1n) is 21.7. The highest BCUT2D eigenvalue weighted by molar-refractivity contribution is 6.06. The molecular weight excluding hydrogens is 791 g/mol. The molecule has 328 valence electrons. The fourth-order valence-electron chi connectivity index (χ4n) is 9.74. The lowest BCUT2D eigenvalue weighted by Crippen LogP contribution is -2.55. The molecule has 4 aliphatic heterocycles. The van der Waals surface area contributed by atoms with Crippen LogP contribution in [-0.4, -0.2) is 107 Å². The number of imidazole rings is 1. The van der Waals surface area contributed by atoms with Crippen molar-refractivity contribution in [1.82, 2.24) is 30.4 Å². The van der Waals surface area contributed by atoms with Crippen molar-refractivity contribution in [2.75, 3.05) is 21.3 Å². The number of aromatic amines is 1. The van der Waals surface area contributed by atoms with Gasteiger partial charge in [0.15, 0.2) is 0 Å². The lowest BCUT2D eigenvalue weighted by atomic mass is 9.90. The Bertz CT molecular complexity index is 2430. The molecule has 4 aromatic rings. The fourth-order valence-corrected chi connectivity index (χ4v) is 9.74. The number of fused-ring (bicyclic) bond motifs is 6.